The highest BCUT2D eigenvalue weighted by Crippen LogP contribution is 2.24. The molecule has 0 amide bonds. The fourth-order valence-electron chi connectivity index (χ4n) is 2.02. The SMILES string of the molecule is C=CCc1cc(OC)ccc1OCCOCCNCCCC. The number of benzene rings is 1. The molecule has 0 aliphatic rings. The Kier molecular flexibility index (Phi) is 10.2. The highest BCUT2D eigenvalue weighted by atomic mass is 16.5. The van der Waals surface area contributed by atoms with Gasteiger partial charge < -0.3 is 19.5 Å². The van der Waals surface area contributed by atoms with E-state index < -0.39 is 0 Å². The summed E-state index contributed by atoms with van der Waals surface area (Å²) >= 11 is 0. The van der Waals surface area contributed by atoms with Gasteiger partial charge in [-0.3, -0.25) is 0 Å². The van der Waals surface area contributed by atoms with Crippen LogP contribution in [0.1, 0.15) is 25.3 Å². The normalized spacial score (nSPS) is 10.5. The van der Waals surface area contributed by atoms with E-state index in [1.807, 2.05) is 24.3 Å². The molecular weight excluding hydrogens is 278 g/mol. The van der Waals surface area contributed by atoms with Crippen molar-refractivity contribution in [2.45, 2.75) is 26.2 Å². The van der Waals surface area contributed by atoms with Crippen LogP contribution in [0, 0.1) is 0 Å². The lowest BCUT2D eigenvalue weighted by Gasteiger charge is -2.12. The summed E-state index contributed by atoms with van der Waals surface area (Å²) < 4.78 is 16.6. The van der Waals surface area contributed by atoms with Gasteiger partial charge in [0.2, 0.25) is 0 Å². The van der Waals surface area contributed by atoms with Crippen LogP contribution in [0.3, 0.4) is 0 Å². The van der Waals surface area contributed by atoms with Crippen LogP contribution in [0.15, 0.2) is 30.9 Å². The average Bonchev–Trinajstić information content (AvgIpc) is 2.54. The summed E-state index contributed by atoms with van der Waals surface area (Å²) in [5.74, 6) is 1.70. The van der Waals surface area contributed by atoms with Crippen LogP contribution < -0.4 is 14.8 Å². The third kappa shape index (κ3) is 7.48. The first kappa shape index (κ1) is 18.5. The quantitative estimate of drug-likeness (QED) is 0.449. The third-order valence-electron chi connectivity index (χ3n) is 3.25. The summed E-state index contributed by atoms with van der Waals surface area (Å²) in [6.07, 6.45) is 5.05. The second kappa shape index (κ2) is 12.1. The molecule has 0 spiro atoms. The first-order chi connectivity index (χ1) is 10.8. The van der Waals surface area contributed by atoms with Gasteiger partial charge in [0, 0.05) is 12.1 Å². The molecule has 0 saturated heterocycles. The van der Waals surface area contributed by atoms with Crippen molar-refractivity contribution in [2.75, 3.05) is 40.0 Å². The van der Waals surface area contributed by atoms with Crippen molar-refractivity contribution in [1.29, 1.82) is 0 Å². The van der Waals surface area contributed by atoms with Crippen LogP contribution >= 0.6 is 0 Å². The number of rotatable bonds is 13. The Labute approximate surface area is 134 Å². The summed E-state index contributed by atoms with van der Waals surface area (Å²) in [6, 6.07) is 5.82. The summed E-state index contributed by atoms with van der Waals surface area (Å²) in [7, 11) is 1.66. The molecule has 0 unspecified atom stereocenters. The Hall–Kier alpha value is -1.52. The molecule has 0 atom stereocenters. The van der Waals surface area contributed by atoms with E-state index >= 15 is 0 Å². The van der Waals surface area contributed by atoms with Crippen molar-refractivity contribution in [2.24, 2.45) is 0 Å². The molecule has 1 aromatic rings. The minimum atomic E-state index is 0.547. The highest BCUT2D eigenvalue weighted by Gasteiger charge is 2.04. The lowest BCUT2D eigenvalue weighted by Crippen LogP contribution is -2.21. The Morgan fingerprint density at radius 2 is 2.05 bits per heavy atom. The number of unbranched alkanes of at least 4 members (excludes halogenated alkanes) is 1. The van der Waals surface area contributed by atoms with E-state index in [0.717, 1.165) is 43.2 Å². The standard InChI is InChI=1S/C18H29NO3/c1-4-6-10-19-11-12-21-13-14-22-18-9-8-17(20-3)15-16(18)7-5-2/h5,8-9,15,19H,2,4,6-7,10-14H2,1,3H3. The summed E-state index contributed by atoms with van der Waals surface area (Å²) in [6.45, 7) is 9.78. The lowest BCUT2D eigenvalue weighted by atomic mass is 10.1. The van der Waals surface area contributed by atoms with Gasteiger partial charge in [0.15, 0.2) is 0 Å². The Balaban J connectivity index is 2.22. The maximum Gasteiger partial charge on any atom is 0.123 e. The molecule has 0 aromatic heterocycles. The molecule has 0 bridgehead atoms. The largest absolute Gasteiger partial charge is 0.497 e. The second-order valence-electron chi connectivity index (χ2n) is 5.03. The van der Waals surface area contributed by atoms with Crippen molar-refractivity contribution in [3.8, 4) is 11.5 Å². The molecule has 0 saturated carbocycles. The molecule has 0 radical (unpaired) electrons. The number of allylic oxidation sites excluding steroid dienone is 1. The minimum absolute atomic E-state index is 0.547. The van der Waals surface area contributed by atoms with Gasteiger partial charge in [0.25, 0.3) is 0 Å². The Morgan fingerprint density at radius 3 is 2.77 bits per heavy atom. The summed E-state index contributed by atoms with van der Waals surface area (Å²) in [5.41, 5.74) is 1.08. The molecule has 22 heavy (non-hydrogen) atoms. The van der Waals surface area contributed by atoms with E-state index in [0.29, 0.717) is 13.2 Å². The van der Waals surface area contributed by atoms with Gasteiger partial charge in [-0.15, -0.1) is 6.58 Å². The molecule has 0 heterocycles. The third-order valence-corrected chi connectivity index (χ3v) is 3.25. The molecule has 124 valence electrons. The van der Waals surface area contributed by atoms with E-state index in [2.05, 4.69) is 18.8 Å². The molecule has 0 aliphatic heterocycles. The van der Waals surface area contributed by atoms with Crippen LogP contribution in [-0.4, -0.2) is 40.0 Å². The van der Waals surface area contributed by atoms with Crippen LogP contribution in [0.25, 0.3) is 0 Å². The van der Waals surface area contributed by atoms with Crippen molar-refractivity contribution in [1.82, 2.24) is 5.32 Å². The van der Waals surface area contributed by atoms with Gasteiger partial charge in [0.1, 0.15) is 18.1 Å². The van der Waals surface area contributed by atoms with E-state index in [1.165, 1.54) is 12.8 Å². The fraction of sp³-hybridized carbons (Fsp3) is 0.556. The zero-order chi connectivity index (χ0) is 16.0. The lowest BCUT2D eigenvalue weighted by molar-refractivity contribution is 0.101. The first-order valence-electron chi connectivity index (χ1n) is 8.00. The van der Waals surface area contributed by atoms with E-state index in [9.17, 15) is 0 Å². The number of methoxy groups -OCH3 is 1. The zero-order valence-electron chi connectivity index (χ0n) is 13.9. The van der Waals surface area contributed by atoms with Crippen molar-refractivity contribution < 1.29 is 14.2 Å². The zero-order valence-corrected chi connectivity index (χ0v) is 13.9. The molecular formula is C18H29NO3. The monoisotopic (exact) mass is 307 g/mol. The molecule has 4 nitrogen and oxygen atoms in total. The predicted molar refractivity (Wildman–Crippen MR) is 91.0 cm³/mol. The van der Waals surface area contributed by atoms with Crippen LogP contribution in [0.2, 0.25) is 0 Å². The number of nitrogens with one attached hydrogen (secondary N) is 1. The van der Waals surface area contributed by atoms with Gasteiger partial charge in [-0.05, 0) is 37.6 Å². The molecule has 0 aliphatic carbocycles. The number of hydrogen-bond donors (Lipinski definition) is 1. The minimum Gasteiger partial charge on any atom is -0.497 e. The van der Waals surface area contributed by atoms with Gasteiger partial charge in [-0.2, -0.15) is 0 Å². The second-order valence-corrected chi connectivity index (χ2v) is 5.03. The van der Waals surface area contributed by atoms with Crippen LogP contribution in [0.5, 0.6) is 11.5 Å². The molecule has 1 rings (SSSR count). The topological polar surface area (TPSA) is 39.7 Å². The fourth-order valence-corrected chi connectivity index (χ4v) is 2.02. The van der Waals surface area contributed by atoms with Gasteiger partial charge in [-0.1, -0.05) is 19.4 Å². The number of ether oxygens (including phenoxy) is 3. The van der Waals surface area contributed by atoms with Crippen molar-refractivity contribution in [3.05, 3.63) is 36.4 Å². The summed E-state index contributed by atoms with van der Waals surface area (Å²) in [4.78, 5) is 0. The van der Waals surface area contributed by atoms with Gasteiger partial charge >= 0.3 is 0 Å². The average molecular weight is 307 g/mol. The van der Waals surface area contributed by atoms with Crippen LogP contribution in [-0.2, 0) is 11.2 Å². The Morgan fingerprint density at radius 1 is 1.18 bits per heavy atom. The summed E-state index contributed by atoms with van der Waals surface area (Å²) in [5, 5.41) is 3.34. The van der Waals surface area contributed by atoms with Crippen molar-refractivity contribution in [3.63, 3.8) is 0 Å². The predicted octanol–water partition coefficient (Wildman–Crippen LogP) is 3.21. The Bertz CT molecular complexity index is 421. The maximum absolute atomic E-state index is 5.79. The van der Waals surface area contributed by atoms with Crippen molar-refractivity contribution >= 4 is 0 Å². The van der Waals surface area contributed by atoms with Gasteiger partial charge in [-0.25, -0.2) is 0 Å². The highest BCUT2D eigenvalue weighted by molar-refractivity contribution is 5.41. The number of hydrogen-bond acceptors (Lipinski definition) is 4. The molecule has 1 aromatic carbocycles. The molecule has 1 N–H and O–H groups in total. The molecule has 0 fully saturated rings. The van der Waals surface area contributed by atoms with E-state index in [-0.39, 0.29) is 0 Å². The van der Waals surface area contributed by atoms with E-state index in [1.54, 1.807) is 7.11 Å². The molecule has 4 heteroatoms. The van der Waals surface area contributed by atoms with E-state index in [4.69, 9.17) is 14.2 Å². The first-order valence-corrected chi connectivity index (χ1v) is 8.00. The smallest absolute Gasteiger partial charge is 0.123 e. The van der Waals surface area contributed by atoms with Crippen LogP contribution in [0.4, 0.5) is 0 Å². The maximum atomic E-state index is 5.79. The van der Waals surface area contributed by atoms with Gasteiger partial charge in [0.05, 0.1) is 20.3 Å².